The predicted octanol–water partition coefficient (Wildman–Crippen LogP) is 6.53. The minimum Gasteiger partial charge on any atom is -0.467 e. The van der Waals surface area contributed by atoms with Crippen LogP contribution >= 0.6 is 0 Å². The van der Waals surface area contributed by atoms with Crippen molar-refractivity contribution < 1.29 is 22.4 Å². The monoisotopic (exact) mass is 582 g/mol. The van der Waals surface area contributed by atoms with Gasteiger partial charge in [0.05, 0.1) is 12.0 Å². The fourth-order valence-corrected chi connectivity index (χ4v) is 5.20. The molecule has 0 fully saturated rings. The van der Waals surface area contributed by atoms with E-state index < -0.39 is 10.1 Å². The van der Waals surface area contributed by atoms with Gasteiger partial charge in [-0.2, -0.15) is 18.4 Å². The highest BCUT2D eigenvalue weighted by Crippen LogP contribution is 2.32. The van der Waals surface area contributed by atoms with Gasteiger partial charge >= 0.3 is 12.0 Å². The van der Waals surface area contributed by atoms with E-state index in [1.807, 2.05) is 24.3 Å². The maximum absolute atomic E-state index is 11.3. The topological polar surface area (TPSA) is 140 Å². The summed E-state index contributed by atoms with van der Waals surface area (Å²) in [7, 11) is -2.90. The summed E-state index contributed by atoms with van der Waals surface area (Å²) in [4.78, 5) is 12.3. The average Bonchev–Trinajstić information content (AvgIpc) is 3.31. The van der Waals surface area contributed by atoms with Crippen molar-refractivity contribution in [2.45, 2.75) is 18.4 Å². The van der Waals surface area contributed by atoms with Gasteiger partial charge in [-0.15, -0.1) is 4.98 Å². The van der Waals surface area contributed by atoms with E-state index in [2.05, 4.69) is 79.5 Å². The minimum absolute atomic E-state index is 0.0233. The van der Waals surface area contributed by atoms with Crippen LogP contribution in [0.1, 0.15) is 6.92 Å². The Morgan fingerprint density at radius 1 is 0.762 bits per heavy atom. The first-order valence-electron chi connectivity index (χ1n) is 13.0. The van der Waals surface area contributed by atoms with Crippen molar-refractivity contribution in [3.63, 3.8) is 0 Å². The number of methoxy groups -OCH3 is 1. The molecule has 11 nitrogen and oxygen atoms in total. The summed E-state index contributed by atoms with van der Waals surface area (Å²) in [6.07, 6.45) is 0. The summed E-state index contributed by atoms with van der Waals surface area (Å²) in [6.45, 7) is 3.05. The highest BCUT2D eigenvalue weighted by molar-refractivity contribution is 7.85. The second-order valence-electron chi connectivity index (χ2n) is 9.30. The number of hydrogen-bond acceptors (Lipinski definition) is 9. The molecular weight excluding hydrogens is 556 g/mol. The zero-order chi connectivity index (χ0) is 29.3. The van der Waals surface area contributed by atoms with Gasteiger partial charge in [-0.1, -0.05) is 18.2 Å². The molecule has 42 heavy (non-hydrogen) atoms. The largest absolute Gasteiger partial charge is 0.467 e. The van der Waals surface area contributed by atoms with Crippen LogP contribution in [-0.4, -0.2) is 39.6 Å². The maximum Gasteiger partial charge on any atom is 0.330 e. The van der Waals surface area contributed by atoms with E-state index in [1.54, 1.807) is 0 Å². The lowest BCUT2D eigenvalue weighted by Gasteiger charge is -2.11. The molecular formula is C30H26N6O5S. The molecule has 2 aromatic heterocycles. The molecule has 0 bridgehead atoms. The Labute approximate surface area is 241 Å². The Kier molecular flexibility index (Phi) is 7.07. The molecule has 0 aliphatic rings. The highest BCUT2D eigenvalue weighted by atomic mass is 32.2. The molecule has 0 atom stereocenters. The van der Waals surface area contributed by atoms with Crippen LogP contribution in [0.25, 0.3) is 21.8 Å². The number of aromatic nitrogens is 4. The number of aryl methyl sites for hydroxylation is 1. The molecule has 6 rings (SSSR count). The molecule has 0 aliphatic carbocycles. The first-order valence-corrected chi connectivity index (χ1v) is 14.5. The van der Waals surface area contributed by atoms with Crippen molar-refractivity contribution in [3.05, 3.63) is 91.0 Å². The van der Waals surface area contributed by atoms with Crippen LogP contribution in [0.15, 0.2) is 95.9 Å². The number of fused-ring (bicyclic) bond motifs is 3. The van der Waals surface area contributed by atoms with Crippen molar-refractivity contribution in [3.8, 4) is 17.8 Å². The zero-order valence-electron chi connectivity index (χ0n) is 22.6. The number of hydrogen-bond donors (Lipinski definition) is 3. The minimum atomic E-state index is -4.31. The van der Waals surface area contributed by atoms with Gasteiger partial charge in [0.1, 0.15) is 5.75 Å². The third-order valence-electron chi connectivity index (χ3n) is 6.63. The summed E-state index contributed by atoms with van der Waals surface area (Å²) in [5.74, 6) is 0.444. The Bertz CT molecular complexity index is 2010. The Morgan fingerprint density at radius 2 is 1.40 bits per heavy atom. The quantitative estimate of drug-likeness (QED) is 0.161. The molecule has 3 N–H and O–H groups in total. The predicted molar refractivity (Wildman–Crippen MR) is 161 cm³/mol. The van der Waals surface area contributed by atoms with Crippen LogP contribution in [0.5, 0.6) is 17.8 Å². The van der Waals surface area contributed by atoms with Gasteiger partial charge in [0.2, 0.25) is 5.95 Å². The summed E-state index contributed by atoms with van der Waals surface area (Å²) in [5.41, 5.74) is 5.04. The van der Waals surface area contributed by atoms with Gasteiger partial charge in [-0.05, 0) is 79.7 Å². The van der Waals surface area contributed by atoms with E-state index in [9.17, 15) is 8.42 Å². The third-order valence-corrected chi connectivity index (χ3v) is 7.49. The van der Waals surface area contributed by atoms with Gasteiger partial charge in [-0.25, -0.2) is 0 Å². The van der Waals surface area contributed by atoms with Gasteiger partial charge in [0, 0.05) is 45.4 Å². The van der Waals surface area contributed by atoms with Crippen LogP contribution in [-0.2, 0) is 16.7 Å². The molecule has 0 saturated carbocycles. The van der Waals surface area contributed by atoms with Crippen molar-refractivity contribution in [2.24, 2.45) is 0 Å². The molecule has 0 radical (unpaired) electrons. The number of nitrogens with zero attached hydrogens (tertiary/aromatic N) is 4. The fourth-order valence-electron chi connectivity index (χ4n) is 4.72. The number of benzene rings is 4. The first kappa shape index (κ1) is 27.0. The van der Waals surface area contributed by atoms with Crippen LogP contribution in [0.2, 0.25) is 0 Å². The number of para-hydroxylation sites is 1. The second kappa shape index (κ2) is 11.0. The Hall–Kier alpha value is -5.20. The molecule has 4 aromatic carbocycles. The SMILES string of the molecule is CCn1c2ccccc2c2cc(Nc3ccc(Nc4nc(OC)nc(Oc5ccc(S(=O)(=O)O)cc5)n4)cc3)ccc21. The molecule has 0 amide bonds. The average molecular weight is 583 g/mol. The van der Waals surface area contributed by atoms with Crippen molar-refractivity contribution in [1.82, 2.24) is 19.5 Å². The lowest BCUT2D eigenvalue weighted by atomic mass is 10.1. The van der Waals surface area contributed by atoms with Crippen molar-refractivity contribution in [1.29, 1.82) is 0 Å². The highest BCUT2D eigenvalue weighted by Gasteiger charge is 2.13. The Balaban J connectivity index is 1.18. The van der Waals surface area contributed by atoms with Crippen molar-refractivity contribution in [2.75, 3.05) is 17.7 Å². The molecule has 12 heteroatoms. The van der Waals surface area contributed by atoms with Crippen LogP contribution < -0.4 is 20.1 Å². The summed E-state index contributed by atoms with van der Waals surface area (Å²) < 4.78 is 44.8. The smallest absolute Gasteiger partial charge is 0.330 e. The number of ether oxygens (including phenoxy) is 2. The van der Waals surface area contributed by atoms with Gasteiger partial charge in [0.15, 0.2) is 0 Å². The van der Waals surface area contributed by atoms with E-state index in [-0.39, 0.29) is 28.6 Å². The van der Waals surface area contributed by atoms with E-state index >= 15 is 0 Å². The van der Waals surface area contributed by atoms with Crippen LogP contribution in [0, 0.1) is 0 Å². The van der Waals surface area contributed by atoms with Gasteiger partial charge in [-0.3, -0.25) is 4.55 Å². The lowest BCUT2D eigenvalue weighted by Crippen LogP contribution is -2.04. The lowest BCUT2D eigenvalue weighted by molar-refractivity contribution is 0.360. The Morgan fingerprint density at radius 3 is 2.10 bits per heavy atom. The maximum atomic E-state index is 11.3. The molecule has 0 spiro atoms. The summed E-state index contributed by atoms with van der Waals surface area (Å²) >= 11 is 0. The fraction of sp³-hybridized carbons (Fsp3) is 0.100. The van der Waals surface area contributed by atoms with E-state index in [1.165, 1.54) is 53.2 Å². The molecule has 0 saturated heterocycles. The molecule has 212 valence electrons. The van der Waals surface area contributed by atoms with Gasteiger partial charge < -0.3 is 24.7 Å². The van der Waals surface area contributed by atoms with E-state index in [4.69, 9.17) is 14.0 Å². The number of rotatable bonds is 9. The summed E-state index contributed by atoms with van der Waals surface area (Å²) in [5, 5.41) is 9.02. The van der Waals surface area contributed by atoms with Crippen molar-refractivity contribution >= 4 is 54.9 Å². The second-order valence-corrected chi connectivity index (χ2v) is 10.7. The normalized spacial score (nSPS) is 11.5. The first-order chi connectivity index (χ1) is 20.3. The van der Waals surface area contributed by atoms with Crippen LogP contribution in [0.4, 0.5) is 23.0 Å². The van der Waals surface area contributed by atoms with E-state index in [0.717, 1.165) is 23.6 Å². The molecule has 2 heterocycles. The molecule has 0 aliphatic heterocycles. The van der Waals surface area contributed by atoms with E-state index in [0.29, 0.717) is 0 Å². The standard InChI is InChI=1S/C30H26N6O5S/c1-3-36-26-7-5-4-6-24(26)25-18-21(12-17-27(25)36)31-19-8-10-20(11-9-19)32-28-33-29(40-2)35-30(34-28)41-22-13-15-23(16-14-22)42(37,38)39/h4-18,31H,3H2,1-2H3,(H,37,38,39)(H,32,33,34,35). The number of anilines is 4. The molecule has 6 aromatic rings. The summed E-state index contributed by atoms with van der Waals surface area (Å²) in [6, 6.07) is 27.6. The molecule has 0 unspecified atom stereocenters. The third kappa shape index (κ3) is 5.53. The van der Waals surface area contributed by atoms with Gasteiger partial charge in [0.25, 0.3) is 10.1 Å². The zero-order valence-corrected chi connectivity index (χ0v) is 23.5. The number of nitrogens with one attached hydrogen (secondary N) is 2. The van der Waals surface area contributed by atoms with Crippen LogP contribution in [0.3, 0.4) is 0 Å².